The van der Waals surface area contributed by atoms with Gasteiger partial charge in [-0.15, -0.1) is 10.2 Å². The van der Waals surface area contributed by atoms with Crippen molar-refractivity contribution in [2.24, 2.45) is 0 Å². The fourth-order valence-electron chi connectivity index (χ4n) is 3.89. The van der Waals surface area contributed by atoms with Gasteiger partial charge in [-0.1, -0.05) is 23.9 Å². The number of carbonyl (C=O) groups is 1. The molecule has 9 nitrogen and oxygen atoms in total. The number of benzene rings is 2. The van der Waals surface area contributed by atoms with E-state index in [2.05, 4.69) is 39.5 Å². The quantitative estimate of drug-likeness (QED) is 0.537. The smallest absolute Gasteiger partial charge is 0.234 e. The van der Waals surface area contributed by atoms with Gasteiger partial charge in [0.15, 0.2) is 16.7 Å². The number of aromatic nitrogens is 3. The number of anilines is 2. The lowest BCUT2D eigenvalue weighted by Crippen LogP contribution is -2.37. The van der Waals surface area contributed by atoms with E-state index in [0.29, 0.717) is 48.8 Å². The number of thioether (sulfide) groups is 1. The van der Waals surface area contributed by atoms with Gasteiger partial charge in [0, 0.05) is 31.3 Å². The van der Waals surface area contributed by atoms with Crippen molar-refractivity contribution in [2.75, 3.05) is 55.5 Å². The Bertz CT molecular complexity index is 1160. The average Bonchev–Trinajstić information content (AvgIpc) is 3.14. The SMILES string of the molecule is Cc1cccc(-n2c(SCC(=O)Nc3ccc4c(c3)OCCCO4)nnc2N2CCOCC2)c1. The molecule has 2 aliphatic heterocycles. The molecule has 0 saturated carbocycles. The van der Waals surface area contributed by atoms with Crippen LogP contribution in [-0.4, -0.2) is 65.9 Å². The second-order valence-electron chi connectivity index (χ2n) is 8.11. The van der Waals surface area contributed by atoms with Crippen LogP contribution in [0.4, 0.5) is 11.6 Å². The van der Waals surface area contributed by atoms with Crippen LogP contribution in [0.5, 0.6) is 11.5 Å². The molecule has 0 atom stereocenters. The Labute approximate surface area is 202 Å². The number of ether oxygens (including phenoxy) is 3. The van der Waals surface area contributed by atoms with Crippen molar-refractivity contribution < 1.29 is 19.0 Å². The largest absolute Gasteiger partial charge is 0.490 e. The maximum atomic E-state index is 12.7. The molecule has 2 aliphatic rings. The highest BCUT2D eigenvalue weighted by molar-refractivity contribution is 7.99. The second-order valence-corrected chi connectivity index (χ2v) is 9.05. The lowest BCUT2D eigenvalue weighted by molar-refractivity contribution is -0.113. The van der Waals surface area contributed by atoms with Crippen molar-refractivity contribution in [1.29, 1.82) is 0 Å². The number of rotatable bonds is 6. The highest BCUT2D eigenvalue weighted by Gasteiger charge is 2.22. The zero-order valence-electron chi connectivity index (χ0n) is 19.0. The zero-order chi connectivity index (χ0) is 23.3. The molecular formula is C24H27N5O4S. The number of hydrogen-bond donors (Lipinski definition) is 1. The molecule has 1 amide bonds. The van der Waals surface area contributed by atoms with Crippen LogP contribution in [0.3, 0.4) is 0 Å². The molecule has 1 fully saturated rings. The molecule has 0 radical (unpaired) electrons. The summed E-state index contributed by atoms with van der Waals surface area (Å²) in [6, 6.07) is 13.6. The molecule has 5 rings (SSSR count). The molecule has 3 heterocycles. The standard InChI is InChI=1S/C24H27N5O4S/c1-17-4-2-5-19(14-17)29-23(28-8-12-31-13-9-28)26-27-24(29)34-16-22(30)25-18-6-7-20-21(15-18)33-11-3-10-32-20/h2,4-7,14-15H,3,8-13,16H2,1H3,(H,25,30). The first-order valence-corrected chi connectivity index (χ1v) is 12.3. The van der Waals surface area contributed by atoms with Gasteiger partial charge in [-0.2, -0.15) is 0 Å². The van der Waals surface area contributed by atoms with Crippen LogP contribution in [0.1, 0.15) is 12.0 Å². The summed E-state index contributed by atoms with van der Waals surface area (Å²) in [5, 5.41) is 12.5. The summed E-state index contributed by atoms with van der Waals surface area (Å²) in [5.41, 5.74) is 2.78. The van der Waals surface area contributed by atoms with Crippen molar-refractivity contribution in [2.45, 2.75) is 18.5 Å². The molecule has 0 unspecified atom stereocenters. The van der Waals surface area contributed by atoms with E-state index < -0.39 is 0 Å². The van der Waals surface area contributed by atoms with E-state index in [1.54, 1.807) is 6.07 Å². The summed E-state index contributed by atoms with van der Waals surface area (Å²) in [6.45, 7) is 6.09. The number of fused-ring (bicyclic) bond motifs is 1. The predicted molar refractivity (Wildman–Crippen MR) is 131 cm³/mol. The number of carbonyl (C=O) groups excluding carboxylic acids is 1. The first-order valence-electron chi connectivity index (χ1n) is 11.3. The Morgan fingerprint density at radius 2 is 1.85 bits per heavy atom. The van der Waals surface area contributed by atoms with E-state index in [1.807, 2.05) is 28.8 Å². The van der Waals surface area contributed by atoms with E-state index in [1.165, 1.54) is 11.8 Å². The lowest BCUT2D eigenvalue weighted by atomic mass is 10.2. The van der Waals surface area contributed by atoms with E-state index in [4.69, 9.17) is 14.2 Å². The third-order valence-corrected chi connectivity index (χ3v) is 6.46. The maximum absolute atomic E-state index is 12.7. The summed E-state index contributed by atoms with van der Waals surface area (Å²) in [5.74, 6) is 2.18. The zero-order valence-corrected chi connectivity index (χ0v) is 19.8. The minimum atomic E-state index is -0.133. The molecule has 1 aromatic heterocycles. The number of morpholine rings is 1. The fourth-order valence-corrected chi connectivity index (χ4v) is 4.63. The van der Waals surface area contributed by atoms with E-state index >= 15 is 0 Å². The highest BCUT2D eigenvalue weighted by atomic mass is 32.2. The molecule has 3 aromatic rings. The highest BCUT2D eigenvalue weighted by Crippen LogP contribution is 2.33. The van der Waals surface area contributed by atoms with Crippen molar-refractivity contribution in [3.05, 3.63) is 48.0 Å². The van der Waals surface area contributed by atoms with Gasteiger partial charge in [0.05, 0.1) is 37.9 Å². The van der Waals surface area contributed by atoms with Crippen LogP contribution in [0.2, 0.25) is 0 Å². The first kappa shape index (κ1) is 22.5. The molecule has 2 aromatic carbocycles. The summed E-state index contributed by atoms with van der Waals surface area (Å²) in [4.78, 5) is 14.9. The monoisotopic (exact) mass is 481 g/mol. The van der Waals surface area contributed by atoms with Gasteiger partial charge in [0.1, 0.15) is 0 Å². The molecule has 1 N–H and O–H groups in total. The Hall–Kier alpha value is -3.24. The van der Waals surface area contributed by atoms with E-state index in [9.17, 15) is 4.79 Å². The fraction of sp³-hybridized carbons (Fsp3) is 0.375. The molecule has 34 heavy (non-hydrogen) atoms. The van der Waals surface area contributed by atoms with Gasteiger partial charge in [0.25, 0.3) is 0 Å². The normalized spacial score (nSPS) is 15.6. The Morgan fingerprint density at radius 1 is 1.03 bits per heavy atom. The van der Waals surface area contributed by atoms with Crippen LogP contribution in [0.15, 0.2) is 47.6 Å². The van der Waals surface area contributed by atoms with Crippen LogP contribution < -0.4 is 19.7 Å². The third-order valence-electron chi connectivity index (χ3n) is 5.53. The summed E-state index contributed by atoms with van der Waals surface area (Å²) in [6.07, 6.45) is 0.834. The number of nitrogens with one attached hydrogen (secondary N) is 1. The number of amides is 1. The van der Waals surface area contributed by atoms with Crippen molar-refractivity contribution in [3.8, 4) is 17.2 Å². The van der Waals surface area contributed by atoms with Gasteiger partial charge < -0.3 is 24.4 Å². The average molecular weight is 482 g/mol. The van der Waals surface area contributed by atoms with Crippen LogP contribution in [0, 0.1) is 6.92 Å². The number of aryl methyl sites for hydroxylation is 1. The molecular weight excluding hydrogens is 454 g/mol. The molecule has 0 aliphatic carbocycles. The molecule has 0 bridgehead atoms. The molecule has 1 saturated heterocycles. The van der Waals surface area contributed by atoms with Gasteiger partial charge >= 0.3 is 0 Å². The van der Waals surface area contributed by atoms with Crippen LogP contribution in [0.25, 0.3) is 5.69 Å². The number of nitrogens with zero attached hydrogens (tertiary/aromatic N) is 4. The van der Waals surface area contributed by atoms with Crippen LogP contribution >= 0.6 is 11.8 Å². The Balaban J connectivity index is 1.31. The maximum Gasteiger partial charge on any atom is 0.234 e. The van der Waals surface area contributed by atoms with Gasteiger partial charge in [-0.05, 0) is 36.8 Å². The Morgan fingerprint density at radius 3 is 2.68 bits per heavy atom. The third kappa shape index (κ3) is 5.13. The van der Waals surface area contributed by atoms with E-state index in [0.717, 1.165) is 36.7 Å². The van der Waals surface area contributed by atoms with Gasteiger partial charge in [-0.3, -0.25) is 9.36 Å². The van der Waals surface area contributed by atoms with Crippen molar-refractivity contribution in [1.82, 2.24) is 14.8 Å². The minimum Gasteiger partial charge on any atom is -0.490 e. The molecule has 0 spiro atoms. The molecule has 178 valence electrons. The van der Waals surface area contributed by atoms with Crippen molar-refractivity contribution in [3.63, 3.8) is 0 Å². The van der Waals surface area contributed by atoms with Gasteiger partial charge in [0.2, 0.25) is 11.9 Å². The second kappa shape index (κ2) is 10.4. The predicted octanol–water partition coefficient (Wildman–Crippen LogP) is 3.30. The summed E-state index contributed by atoms with van der Waals surface area (Å²) < 4.78 is 18.9. The Kier molecular flexibility index (Phi) is 6.87. The van der Waals surface area contributed by atoms with E-state index in [-0.39, 0.29) is 11.7 Å². The molecule has 10 heteroatoms. The van der Waals surface area contributed by atoms with Crippen LogP contribution in [-0.2, 0) is 9.53 Å². The lowest BCUT2D eigenvalue weighted by Gasteiger charge is -2.28. The minimum absolute atomic E-state index is 0.133. The first-order chi connectivity index (χ1) is 16.7. The number of hydrogen-bond acceptors (Lipinski definition) is 8. The summed E-state index contributed by atoms with van der Waals surface area (Å²) in [7, 11) is 0. The van der Waals surface area contributed by atoms with Crippen molar-refractivity contribution >= 4 is 29.3 Å². The topological polar surface area (TPSA) is 90.7 Å². The van der Waals surface area contributed by atoms with Gasteiger partial charge in [-0.25, -0.2) is 0 Å². The summed E-state index contributed by atoms with van der Waals surface area (Å²) >= 11 is 1.36.